The van der Waals surface area contributed by atoms with Gasteiger partial charge in [-0.15, -0.1) is 0 Å². The van der Waals surface area contributed by atoms with Gasteiger partial charge in [-0.1, -0.05) is 57.9 Å². The molecule has 0 radical (unpaired) electrons. The number of benzene rings is 2. The number of allylic oxidation sites excluding steroid dienone is 4. The van der Waals surface area contributed by atoms with E-state index in [9.17, 15) is 18.0 Å². The van der Waals surface area contributed by atoms with Crippen LogP contribution in [0.4, 0.5) is 0 Å². The van der Waals surface area contributed by atoms with Crippen molar-refractivity contribution in [2.24, 2.45) is 0 Å². The summed E-state index contributed by atoms with van der Waals surface area (Å²) in [4.78, 5) is 26.0. The molecule has 164 valence electrons. The Morgan fingerprint density at radius 2 is 2.00 bits per heavy atom. The Morgan fingerprint density at radius 3 is 2.69 bits per heavy atom. The molecule has 0 saturated heterocycles. The summed E-state index contributed by atoms with van der Waals surface area (Å²) in [6.45, 7) is 0.279. The van der Waals surface area contributed by atoms with Gasteiger partial charge in [-0.25, -0.2) is 13.1 Å². The van der Waals surface area contributed by atoms with Crippen LogP contribution in [0.1, 0.15) is 28.0 Å². The number of nitrogens with zero attached hydrogens (tertiary/aromatic N) is 1. The van der Waals surface area contributed by atoms with Gasteiger partial charge in [0.25, 0.3) is 5.91 Å². The van der Waals surface area contributed by atoms with Gasteiger partial charge in [-0.3, -0.25) is 9.59 Å². The summed E-state index contributed by atoms with van der Waals surface area (Å²) in [5.74, 6) is -0.976. The van der Waals surface area contributed by atoms with Crippen molar-refractivity contribution in [3.8, 4) is 0 Å². The molecule has 1 aromatic heterocycles. The van der Waals surface area contributed by atoms with Crippen LogP contribution in [-0.2, 0) is 21.4 Å². The lowest BCUT2D eigenvalue weighted by Crippen LogP contribution is -2.32. The first-order valence-corrected chi connectivity index (χ1v) is 12.7. The van der Waals surface area contributed by atoms with Gasteiger partial charge in [0.2, 0.25) is 10.0 Å². The molecule has 4 rings (SSSR count). The minimum Gasteiger partial charge on any atom is -0.331 e. The summed E-state index contributed by atoms with van der Waals surface area (Å²) in [6.07, 6.45) is 6.23. The minimum absolute atomic E-state index is 0.0857. The quantitative estimate of drug-likeness (QED) is 0.515. The van der Waals surface area contributed by atoms with E-state index >= 15 is 0 Å². The number of sulfonamides is 1. The van der Waals surface area contributed by atoms with Crippen LogP contribution in [0, 0.1) is 0 Å². The molecule has 0 saturated carbocycles. The summed E-state index contributed by atoms with van der Waals surface area (Å²) < 4.78 is 28.4. The molecule has 0 bridgehead atoms. The molecule has 0 spiro atoms. The second-order valence-electron chi connectivity index (χ2n) is 7.44. The molecule has 2 aromatic carbocycles. The number of ketones is 1. The summed E-state index contributed by atoms with van der Waals surface area (Å²) in [5, 5.41) is 1.04. The molecule has 0 unspecified atom stereocenters. The Labute approximate surface area is 198 Å². The lowest BCUT2D eigenvalue weighted by atomic mass is 9.93. The maximum atomic E-state index is 13.3. The van der Waals surface area contributed by atoms with E-state index < -0.39 is 15.9 Å². The molecule has 1 heterocycles. The number of halogens is 2. The zero-order valence-electron chi connectivity index (χ0n) is 16.9. The lowest BCUT2D eigenvalue weighted by Gasteiger charge is -2.14. The SMILES string of the molecule is CS(=O)(=O)NC(=O)c1c(C2=CC=CCC2=O)c2cc(Cl)ccc2n1Cc1cccc(Br)c1. The third-order valence-electron chi connectivity index (χ3n) is 5.02. The molecule has 0 atom stereocenters. The van der Waals surface area contributed by atoms with Crippen LogP contribution in [0.15, 0.2) is 65.2 Å². The van der Waals surface area contributed by atoms with Crippen molar-refractivity contribution in [2.45, 2.75) is 13.0 Å². The third-order valence-corrected chi connectivity index (χ3v) is 6.30. The third kappa shape index (κ3) is 4.57. The standard InChI is InChI=1S/C23H18BrClN2O4S/c1-32(30,31)26-23(29)22-21(17-7-2-3-8-20(17)28)18-12-16(25)9-10-19(18)27(22)13-14-5-4-6-15(24)11-14/h2-7,9-12H,8,13H2,1H3,(H,26,29). The van der Waals surface area contributed by atoms with Gasteiger partial charge >= 0.3 is 0 Å². The van der Waals surface area contributed by atoms with Crippen LogP contribution in [0.3, 0.4) is 0 Å². The number of Topliss-reactive ketones (excluding diaryl/α,β-unsaturated/α-hetero) is 1. The van der Waals surface area contributed by atoms with Crippen LogP contribution in [0.25, 0.3) is 16.5 Å². The Balaban J connectivity index is 2.05. The van der Waals surface area contributed by atoms with E-state index in [4.69, 9.17) is 11.6 Å². The number of carbonyl (C=O) groups is 2. The summed E-state index contributed by atoms with van der Waals surface area (Å²) >= 11 is 9.72. The van der Waals surface area contributed by atoms with E-state index in [0.717, 1.165) is 16.3 Å². The van der Waals surface area contributed by atoms with E-state index in [-0.39, 0.29) is 24.4 Å². The first-order valence-electron chi connectivity index (χ1n) is 9.63. The van der Waals surface area contributed by atoms with Crippen molar-refractivity contribution in [1.82, 2.24) is 9.29 Å². The van der Waals surface area contributed by atoms with E-state index in [1.807, 2.05) is 24.3 Å². The molecule has 1 amide bonds. The molecule has 1 aliphatic rings. The van der Waals surface area contributed by atoms with Gasteiger partial charge < -0.3 is 4.57 Å². The fraction of sp³-hybridized carbons (Fsp3) is 0.130. The summed E-state index contributed by atoms with van der Waals surface area (Å²) in [5.41, 5.74) is 2.34. The highest BCUT2D eigenvalue weighted by molar-refractivity contribution is 9.10. The molecule has 3 aromatic rings. The Morgan fingerprint density at radius 1 is 1.22 bits per heavy atom. The van der Waals surface area contributed by atoms with E-state index in [1.54, 1.807) is 41.0 Å². The maximum Gasteiger partial charge on any atom is 0.282 e. The highest BCUT2D eigenvalue weighted by atomic mass is 79.9. The van der Waals surface area contributed by atoms with Gasteiger partial charge in [0.15, 0.2) is 5.78 Å². The van der Waals surface area contributed by atoms with Crippen LogP contribution >= 0.6 is 27.5 Å². The minimum atomic E-state index is -3.84. The normalized spacial score (nSPS) is 14.0. The molecular weight excluding hydrogens is 516 g/mol. The van der Waals surface area contributed by atoms with Crippen molar-refractivity contribution < 1.29 is 18.0 Å². The average Bonchev–Trinajstić information content (AvgIpc) is 3.00. The van der Waals surface area contributed by atoms with Crippen LogP contribution in [0.5, 0.6) is 0 Å². The predicted octanol–water partition coefficient (Wildman–Crippen LogP) is 4.71. The van der Waals surface area contributed by atoms with Crippen molar-refractivity contribution in [2.75, 3.05) is 6.26 Å². The predicted molar refractivity (Wildman–Crippen MR) is 129 cm³/mol. The maximum absolute atomic E-state index is 13.3. The molecule has 0 fully saturated rings. The smallest absolute Gasteiger partial charge is 0.282 e. The molecule has 0 aliphatic heterocycles. The zero-order valence-corrected chi connectivity index (χ0v) is 20.1. The van der Waals surface area contributed by atoms with Gasteiger partial charge in [-0.05, 0) is 35.9 Å². The molecule has 6 nitrogen and oxygen atoms in total. The first kappa shape index (κ1) is 22.5. The Bertz CT molecular complexity index is 1440. The van der Waals surface area contributed by atoms with Crippen molar-refractivity contribution >= 4 is 65.7 Å². The van der Waals surface area contributed by atoms with Crippen molar-refractivity contribution in [3.63, 3.8) is 0 Å². The monoisotopic (exact) mass is 532 g/mol. The number of amides is 1. The van der Waals surface area contributed by atoms with Crippen LogP contribution in [0.2, 0.25) is 5.02 Å². The number of hydrogen-bond acceptors (Lipinski definition) is 4. The van der Waals surface area contributed by atoms with Gasteiger partial charge in [-0.2, -0.15) is 0 Å². The molecule has 1 N–H and O–H groups in total. The van der Waals surface area contributed by atoms with Crippen molar-refractivity contribution in [1.29, 1.82) is 0 Å². The van der Waals surface area contributed by atoms with Crippen LogP contribution in [-0.4, -0.2) is 30.9 Å². The van der Waals surface area contributed by atoms with Crippen LogP contribution < -0.4 is 4.72 Å². The molecule has 9 heteroatoms. The fourth-order valence-corrected chi connectivity index (χ4v) is 4.85. The first-order chi connectivity index (χ1) is 15.1. The summed E-state index contributed by atoms with van der Waals surface area (Å²) in [7, 11) is -3.84. The molecule has 1 aliphatic carbocycles. The average molecular weight is 534 g/mol. The van der Waals surface area contributed by atoms with E-state index in [0.29, 0.717) is 27.1 Å². The number of fused-ring (bicyclic) bond motifs is 1. The molecule has 32 heavy (non-hydrogen) atoms. The number of nitrogens with one attached hydrogen (secondary N) is 1. The summed E-state index contributed by atoms with van der Waals surface area (Å²) in [6, 6.07) is 12.7. The van der Waals surface area contributed by atoms with Gasteiger partial charge in [0.1, 0.15) is 5.69 Å². The highest BCUT2D eigenvalue weighted by Gasteiger charge is 2.29. The van der Waals surface area contributed by atoms with Crippen molar-refractivity contribution in [3.05, 3.63) is 87.0 Å². The highest BCUT2D eigenvalue weighted by Crippen LogP contribution is 2.36. The second kappa shape index (κ2) is 8.69. The van der Waals surface area contributed by atoms with E-state index in [1.165, 1.54) is 0 Å². The van der Waals surface area contributed by atoms with Gasteiger partial charge in [0, 0.05) is 44.5 Å². The topological polar surface area (TPSA) is 85.2 Å². The van der Waals surface area contributed by atoms with Gasteiger partial charge in [0.05, 0.1) is 6.26 Å². The Hall–Kier alpha value is -2.68. The van der Waals surface area contributed by atoms with E-state index in [2.05, 4.69) is 20.7 Å². The second-order valence-corrected chi connectivity index (χ2v) is 10.5. The zero-order chi connectivity index (χ0) is 23.0. The largest absolute Gasteiger partial charge is 0.331 e. The number of rotatable bonds is 5. The Kier molecular flexibility index (Phi) is 6.11. The number of aromatic nitrogens is 1. The number of carbonyl (C=O) groups excluding carboxylic acids is 2. The lowest BCUT2D eigenvalue weighted by molar-refractivity contribution is -0.113. The molecular formula is C23H18BrClN2O4S. The number of hydrogen-bond donors (Lipinski definition) is 1. The fourth-order valence-electron chi connectivity index (χ4n) is 3.80.